The third-order valence-corrected chi connectivity index (χ3v) is 6.23. The van der Waals surface area contributed by atoms with Gasteiger partial charge in [0, 0.05) is 24.2 Å². The van der Waals surface area contributed by atoms with Crippen LogP contribution in [-0.2, 0) is 24.4 Å². The molecule has 34 heavy (non-hydrogen) atoms. The Kier molecular flexibility index (Phi) is 7.99. The lowest BCUT2D eigenvalue weighted by Gasteiger charge is -2.22. The van der Waals surface area contributed by atoms with Crippen LogP contribution in [0.3, 0.4) is 0 Å². The van der Waals surface area contributed by atoms with Gasteiger partial charge in [0.05, 0.1) is 24.9 Å². The maximum atomic E-state index is 13.0. The zero-order valence-corrected chi connectivity index (χ0v) is 20.3. The second-order valence-corrected chi connectivity index (χ2v) is 8.83. The van der Waals surface area contributed by atoms with Gasteiger partial charge in [-0.3, -0.25) is 4.79 Å². The van der Waals surface area contributed by atoms with Crippen molar-refractivity contribution in [1.29, 1.82) is 0 Å². The highest BCUT2D eigenvalue weighted by molar-refractivity contribution is 7.09. The van der Waals surface area contributed by atoms with Crippen molar-refractivity contribution in [1.82, 2.24) is 14.7 Å². The van der Waals surface area contributed by atoms with E-state index in [0.29, 0.717) is 44.2 Å². The van der Waals surface area contributed by atoms with Crippen molar-refractivity contribution in [2.24, 2.45) is 0 Å². The Bertz CT molecular complexity index is 1190. The molecule has 1 amide bonds. The van der Waals surface area contributed by atoms with Gasteiger partial charge in [0.15, 0.2) is 11.5 Å². The summed E-state index contributed by atoms with van der Waals surface area (Å²) in [5.41, 5.74) is 2.86. The van der Waals surface area contributed by atoms with E-state index in [1.807, 2.05) is 91.0 Å². The van der Waals surface area contributed by atoms with Crippen LogP contribution in [-0.4, -0.2) is 33.7 Å². The molecule has 7 heteroatoms. The number of rotatable bonds is 11. The van der Waals surface area contributed by atoms with Crippen LogP contribution in [0.25, 0.3) is 5.69 Å². The largest absolute Gasteiger partial charge is 0.490 e. The fraction of sp³-hybridized carbons (Fsp3) is 0.259. The Morgan fingerprint density at radius 3 is 2.59 bits per heavy atom. The highest BCUT2D eigenvalue weighted by Gasteiger charge is 2.16. The first-order valence-electron chi connectivity index (χ1n) is 11.4. The molecule has 4 aromatic rings. The van der Waals surface area contributed by atoms with Crippen LogP contribution >= 0.6 is 11.3 Å². The highest BCUT2D eigenvalue weighted by atomic mass is 32.1. The van der Waals surface area contributed by atoms with Gasteiger partial charge in [0.25, 0.3) is 0 Å². The van der Waals surface area contributed by atoms with E-state index < -0.39 is 0 Å². The number of carbonyl (C=O) groups is 1. The lowest BCUT2D eigenvalue weighted by Crippen LogP contribution is -2.31. The molecule has 0 aliphatic heterocycles. The summed E-state index contributed by atoms with van der Waals surface area (Å²) in [5.74, 6) is 1.47. The zero-order valence-electron chi connectivity index (χ0n) is 19.5. The van der Waals surface area contributed by atoms with E-state index in [4.69, 9.17) is 9.47 Å². The van der Waals surface area contributed by atoms with Crippen molar-refractivity contribution in [3.8, 4) is 17.2 Å². The number of thiophene rings is 1. The number of amides is 1. The number of nitrogens with zero attached hydrogens (tertiary/aromatic N) is 3. The molecule has 2 aromatic heterocycles. The van der Waals surface area contributed by atoms with Crippen LogP contribution in [0, 0.1) is 0 Å². The average Bonchev–Trinajstić information content (AvgIpc) is 3.55. The zero-order chi connectivity index (χ0) is 23.8. The van der Waals surface area contributed by atoms with Crippen molar-refractivity contribution in [3.63, 3.8) is 0 Å². The number of hydrogen-bond donors (Lipinski definition) is 0. The Hall–Kier alpha value is -3.58. The van der Waals surface area contributed by atoms with Gasteiger partial charge in [-0.15, -0.1) is 11.3 Å². The summed E-state index contributed by atoms with van der Waals surface area (Å²) in [6, 6.07) is 19.8. The van der Waals surface area contributed by atoms with Gasteiger partial charge in [-0.05, 0) is 60.7 Å². The summed E-state index contributed by atoms with van der Waals surface area (Å²) in [7, 11) is 0. The van der Waals surface area contributed by atoms with E-state index in [-0.39, 0.29) is 5.91 Å². The summed E-state index contributed by atoms with van der Waals surface area (Å²) in [5, 5.41) is 6.44. The standard InChI is InChI=1S/C27H29N3O3S/c1-3-29(27(31)16-22-17-28-30(19-22)23-9-6-5-7-10-23)18-21-12-13-25(26(15-21)32-4-2)33-20-24-11-8-14-34-24/h5-15,17,19H,3-4,16,18,20H2,1-2H3. The molecule has 0 fully saturated rings. The van der Waals surface area contributed by atoms with Crippen LogP contribution in [0.5, 0.6) is 11.5 Å². The molecule has 0 unspecified atom stereocenters. The smallest absolute Gasteiger partial charge is 0.227 e. The molecule has 0 radical (unpaired) electrons. The Morgan fingerprint density at radius 1 is 1.00 bits per heavy atom. The molecule has 0 bridgehead atoms. The number of ether oxygens (including phenoxy) is 2. The van der Waals surface area contributed by atoms with Crippen molar-refractivity contribution in [2.75, 3.05) is 13.2 Å². The SMILES string of the molecule is CCOc1cc(CN(CC)C(=O)Cc2cnn(-c3ccccc3)c2)ccc1OCc1cccs1. The maximum Gasteiger partial charge on any atom is 0.227 e. The number of para-hydroxylation sites is 1. The first-order chi connectivity index (χ1) is 16.7. The third kappa shape index (κ3) is 6.05. The van der Waals surface area contributed by atoms with Gasteiger partial charge >= 0.3 is 0 Å². The quantitative estimate of drug-likeness (QED) is 0.287. The molecule has 0 saturated carbocycles. The second-order valence-electron chi connectivity index (χ2n) is 7.80. The molecule has 0 spiro atoms. The van der Waals surface area contributed by atoms with Gasteiger partial charge in [-0.1, -0.05) is 30.3 Å². The monoisotopic (exact) mass is 475 g/mol. The molecular weight excluding hydrogens is 446 g/mol. The van der Waals surface area contributed by atoms with E-state index in [2.05, 4.69) is 5.10 Å². The van der Waals surface area contributed by atoms with Crippen LogP contribution in [0.2, 0.25) is 0 Å². The molecule has 0 saturated heterocycles. The molecule has 4 rings (SSSR count). The van der Waals surface area contributed by atoms with Gasteiger partial charge in [0.2, 0.25) is 5.91 Å². The molecule has 6 nitrogen and oxygen atoms in total. The van der Waals surface area contributed by atoms with Gasteiger partial charge in [-0.25, -0.2) is 4.68 Å². The number of aromatic nitrogens is 2. The third-order valence-electron chi connectivity index (χ3n) is 5.38. The molecule has 0 N–H and O–H groups in total. The summed E-state index contributed by atoms with van der Waals surface area (Å²) < 4.78 is 13.6. The van der Waals surface area contributed by atoms with E-state index in [1.54, 1.807) is 22.2 Å². The van der Waals surface area contributed by atoms with E-state index >= 15 is 0 Å². The lowest BCUT2D eigenvalue weighted by molar-refractivity contribution is -0.130. The number of benzene rings is 2. The topological polar surface area (TPSA) is 56.6 Å². The van der Waals surface area contributed by atoms with Crippen molar-refractivity contribution in [2.45, 2.75) is 33.4 Å². The first kappa shape index (κ1) is 23.6. The first-order valence-corrected chi connectivity index (χ1v) is 12.3. The van der Waals surface area contributed by atoms with Gasteiger partial charge in [0.1, 0.15) is 6.61 Å². The normalized spacial score (nSPS) is 10.8. The molecule has 0 atom stereocenters. The van der Waals surface area contributed by atoms with Gasteiger partial charge in [-0.2, -0.15) is 5.10 Å². The molecule has 0 aliphatic rings. The fourth-order valence-corrected chi connectivity index (χ4v) is 4.25. The van der Waals surface area contributed by atoms with Crippen LogP contribution in [0.1, 0.15) is 29.9 Å². The average molecular weight is 476 g/mol. The second kappa shape index (κ2) is 11.5. The summed E-state index contributed by atoms with van der Waals surface area (Å²) in [6.07, 6.45) is 3.97. The van der Waals surface area contributed by atoms with Crippen molar-refractivity contribution >= 4 is 17.2 Å². The fourth-order valence-electron chi connectivity index (χ4n) is 3.64. The Morgan fingerprint density at radius 2 is 1.85 bits per heavy atom. The van der Waals surface area contributed by atoms with Gasteiger partial charge < -0.3 is 14.4 Å². The maximum absolute atomic E-state index is 13.0. The highest BCUT2D eigenvalue weighted by Crippen LogP contribution is 2.30. The summed E-state index contributed by atoms with van der Waals surface area (Å²) in [6.45, 7) is 6.12. The minimum Gasteiger partial charge on any atom is -0.490 e. The Balaban J connectivity index is 1.41. The molecular formula is C27H29N3O3S. The van der Waals surface area contributed by atoms with Crippen LogP contribution in [0.15, 0.2) is 78.4 Å². The summed E-state index contributed by atoms with van der Waals surface area (Å²) >= 11 is 1.66. The van der Waals surface area contributed by atoms with Crippen molar-refractivity contribution in [3.05, 3.63) is 94.4 Å². The molecule has 176 valence electrons. The molecule has 2 heterocycles. The van der Waals surface area contributed by atoms with E-state index in [0.717, 1.165) is 21.7 Å². The van der Waals surface area contributed by atoms with Crippen LogP contribution < -0.4 is 9.47 Å². The molecule has 2 aromatic carbocycles. The Labute approximate surface area is 204 Å². The van der Waals surface area contributed by atoms with E-state index in [9.17, 15) is 4.79 Å². The van der Waals surface area contributed by atoms with E-state index in [1.165, 1.54) is 0 Å². The predicted molar refractivity (Wildman–Crippen MR) is 135 cm³/mol. The van der Waals surface area contributed by atoms with Crippen LogP contribution in [0.4, 0.5) is 0 Å². The summed E-state index contributed by atoms with van der Waals surface area (Å²) in [4.78, 5) is 16.0. The van der Waals surface area contributed by atoms with Crippen molar-refractivity contribution < 1.29 is 14.3 Å². The number of carbonyl (C=O) groups excluding carboxylic acids is 1. The lowest BCUT2D eigenvalue weighted by atomic mass is 10.1. The number of hydrogen-bond acceptors (Lipinski definition) is 5. The predicted octanol–water partition coefficient (Wildman–Crippen LogP) is 5.50. The molecule has 0 aliphatic carbocycles. The number of likely N-dealkylation sites (N-methyl/N-ethyl adjacent to an activating group) is 1. The minimum atomic E-state index is 0.0612. The minimum absolute atomic E-state index is 0.0612.